The zero-order valence-corrected chi connectivity index (χ0v) is 11.0. The van der Waals surface area contributed by atoms with E-state index in [2.05, 4.69) is 32.6 Å². The van der Waals surface area contributed by atoms with Gasteiger partial charge in [0.05, 0.1) is 0 Å². The molecule has 90 valence electrons. The highest BCUT2D eigenvalue weighted by Gasteiger charge is 2.45. The molecule has 1 atom stereocenters. The third-order valence-electron chi connectivity index (χ3n) is 4.00. The number of likely N-dealkylation sites (N-methyl/N-ethyl adjacent to an activating group) is 1. The van der Waals surface area contributed by atoms with Crippen molar-refractivity contribution in [2.75, 3.05) is 19.6 Å². The Morgan fingerprint density at radius 2 is 1.87 bits per heavy atom. The van der Waals surface area contributed by atoms with E-state index in [9.17, 15) is 0 Å². The maximum Gasteiger partial charge on any atom is 0.0336 e. The van der Waals surface area contributed by atoms with Crippen LogP contribution in [0.4, 0.5) is 0 Å². The van der Waals surface area contributed by atoms with Crippen molar-refractivity contribution < 1.29 is 0 Å². The zero-order chi connectivity index (χ0) is 11.5. The van der Waals surface area contributed by atoms with E-state index in [0.717, 1.165) is 13.1 Å². The Kier molecular flexibility index (Phi) is 4.19. The van der Waals surface area contributed by atoms with Gasteiger partial charge in [0, 0.05) is 12.1 Å². The van der Waals surface area contributed by atoms with Gasteiger partial charge in [0.2, 0.25) is 0 Å². The van der Waals surface area contributed by atoms with Gasteiger partial charge in [-0.05, 0) is 44.2 Å². The highest BCUT2D eigenvalue weighted by molar-refractivity contribution is 5.01. The second kappa shape index (κ2) is 4.84. The highest BCUT2D eigenvalue weighted by atomic mass is 15.2. The molecule has 0 saturated heterocycles. The minimum absolute atomic E-state index is 0.300. The third-order valence-corrected chi connectivity index (χ3v) is 4.00. The minimum atomic E-state index is 0.300. The quantitative estimate of drug-likeness (QED) is 0.759. The predicted octanol–water partition coefficient (Wildman–Crippen LogP) is 2.63. The van der Waals surface area contributed by atoms with Gasteiger partial charge in [0.1, 0.15) is 0 Å². The van der Waals surface area contributed by atoms with Gasteiger partial charge in [-0.3, -0.25) is 4.90 Å². The van der Waals surface area contributed by atoms with E-state index in [1.54, 1.807) is 0 Å². The van der Waals surface area contributed by atoms with E-state index < -0.39 is 0 Å². The number of hydrogen-bond acceptors (Lipinski definition) is 2. The SMILES string of the molecule is CCCN(CC)C1(CN)CCC(C)(C)C1. The van der Waals surface area contributed by atoms with Crippen molar-refractivity contribution in [2.45, 2.75) is 58.9 Å². The van der Waals surface area contributed by atoms with Crippen LogP contribution in [0.2, 0.25) is 0 Å². The van der Waals surface area contributed by atoms with Crippen molar-refractivity contribution >= 4 is 0 Å². The Bertz CT molecular complexity index is 201. The topological polar surface area (TPSA) is 29.3 Å². The lowest BCUT2D eigenvalue weighted by Crippen LogP contribution is -2.52. The molecule has 2 N–H and O–H groups in total. The molecule has 0 aromatic carbocycles. The molecule has 0 aromatic heterocycles. The third kappa shape index (κ3) is 2.73. The Morgan fingerprint density at radius 3 is 2.20 bits per heavy atom. The molecule has 2 nitrogen and oxygen atoms in total. The zero-order valence-electron chi connectivity index (χ0n) is 11.0. The van der Waals surface area contributed by atoms with E-state index in [1.807, 2.05) is 0 Å². The number of nitrogens with two attached hydrogens (primary N) is 1. The lowest BCUT2D eigenvalue weighted by molar-refractivity contribution is 0.0945. The fourth-order valence-electron chi connectivity index (χ4n) is 3.21. The molecule has 2 heteroatoms. The molecule has 0 amide bonds. The molecule has 0 heterocycles. The van der Waals surface area contributed by atoms with Crippen LogP contribution >= 0.6 is 0 Å². The Morgan fingerprint density at radius 1 is 1.20 bits per heavy atom. The average Bonchev–Trinajstić information content (AvgIpc) is 2.52. The van der Waals surface area contributed by atoms with Crippen molar-refractivity contribution in [3.05, 3.63) is 0 Å². The molecule has 0 radical (unpaired) electrons. The van der Waals surface area contributed by atoms with Crippen LogP contribution in [-0.4, -0.2) is 30.1 Å². The Balaban J connectivity index is 2.76. The Labute approximate surface area is 95.2 Å². The number of hydrogen-bond donors (Lipinski definition) is 1. The Hall–Kier alpha value is -0.0800. The van der Waals surface area contributed by atoms with Gasteiger partial charge >= 0.3 is 0 Å². The van der Waals surface area contributed by atoms with Crippen LogP contribution in [0.3, 0.4) is 0 Å². The van der Waals surface area contributed by atoms with Crippen LogP contribution < -0.4 is 5.73 Å². The molecule has 1 unspecified atom stereocenters. The minimum Gasteiger partial charge on any atom is -0.329 e. The van der Waals surface area contributed by atoms with Crippen molar-refractivity contribution in [3.8, 4) is 0 Å². The molecule has 0 spiro atoms. The van der Waals surface area contributed by atoms with Crippen molar-refractivity contribution in [3.63, 3.8) is 0 Å². The van der Waals surface area contributed by atoms with E-state index >= 15 is 0 Å². The van der Waals surface area contributed by atoms with Crippen molar-refractivity contribution in [1.29, 1.82) is 0 Å². The maximum atomic E-state index is 6.05. The van der Waals surface area contributed by atoms with Gasteiger partial charge in [0.25, 0.3) is 0 Å². The van der Waals surface area contributed by atoms with Crippen LogP contribution in [0.15, 0.2) is 0 Å². The second-order valence-electron chi connectivity index (χ2n) is 5.85. The summed E-state index contributed by atoms with van der Waals surface area (Å²) in [6.45, 7) is 12.4. The summed E-state index contributed by atoms with van der Waals surface area (Å²) in [5.74, 6) is 0. The summed E-state index contributed by atoms with van der Waals surface area (Å²) in [7, 11) is 0. The first kappa shape index (κ1) is 13.0. The van der Waals surface area contributed by atoms with E-state index in [0.29, 0.717) is 11.0 Å². The molecule has 1 aliphatic rings. The maximum absolute atomic E-state index is 6.05. The second-order valence-corrected chi connectivity index (χ2v) is 5.85. The molecule has 15 heavy (non-hydrogen) atoms. The standard InChI is InChI=1S/C13H28N2/c1-5-9-15(6-2)13(11-14)8-7-12(3,4)10-13/h5-11,14H2,1-4H3. The van der Waals surface area contributed by atoms with Crippen LogP contribution in [-0.2, 0) is 0 Å². The molecule has 1 saturated carbocycles. The van der Waals surface area contributed by atoms with Crippen LogP contribution in [0.5, 0.6) is 0 Å². The molecule has 1 rings (SSSR count). The summed E-state index contributed by atoms with van der Waals surface area (Å²) >= 11 is 0. The molecule has 0 bridgehead atoms. The molecule has 0 aliphatic heterocycles. The average molecular weight is 212 g/mol. The van der Waals surface area contributed by atoms with Gasteiger partial charge in [-0.2, -0.15) is 0 Å². The summed E-state index contributed by atoms with van der Waals surface area (Å²) in [4.78, 5) is 2.61. The van der Waals surface area contributed by atoms with E-state index in [-0.39, 0.29) is 0 Å². The normalized spacial score (nSPS) is 30.0. The molecule has 1 fully saturated rings. The first-order valence-electron chi connectivity index (χ1n) is 6.45. The summed E-state index contributed by atoms with van der Waals surface area (Å²) in [6, 6.07) is 0. The fourth-order valence-corrected chi connectivity index (χ4v) is 3.21. The van der Waals surface area contributed by atoms with Gasteiger partial charge < -0.3 is 5.73 Å². The van der Waals surface area contributed by atoms with E-state index in [1.165, 1.54) is 32.2 Å². The largest absolute Gasteiger partial charge is 0.329 e. The fraction of sp³-hybridized carbons (Fsp3) is 1.00. The summed E-state index contributed by atoms with van der Waals surface area (Å²) < 4.78 is 0. The van der Waals surface area contributed by atoms with Crippen molar-refractivity contribution in [1.82, 2.24) is 4.90 Å². The monoisotopic (exact) mass is 212 g/mol. The van der Waals surface area contributed by atoms with Crippen LogP contribution in [0.1, 0.15) is 53.4 Å². The lowest BCUT2D eigenvalue weighted by Gasteiger charge is -2.41. The van der Waals surface area contributed by atoms with E-state index in [4.69, 9.17) is 5.73 Å². The molecular formula is C13H28N2. The van der Waals surface area contributed by atoms with Crippen molar-refractivity contribution in [2.24, 2.45) is 11.1 Å². The smallest absolute Gasteiger partial charge is 0.0336 e. The van der Waals surface area contributed by atoms with Gasteiger partial charge in [-0.25, -0.2) is 0 Å². The molecular weight excluding hydrogens is 184 g/mol. The summed E-state index contributed by atoms with van der Waals surface area (Å²) in [6.07, 6.45) is 5.11. The first-order chi connectivity index (χ1) is 6.99. The van der Waals surface area contributed by atoms with Crippen LogP contribution in [0, 0.1) is 5.41 Å². The van der Waals surface area contributed by atoms with Crippen LogP contribution in [0.25, 0.3) is 0 Å². The number of rotatable bonds is 5. The van der Waals surface area contributed by atoms with Gasteiger partial charge in [-0.1, -0.05) is 27.7 Å². The summed E-state index contributed by atoms with van der Waals surface area (Å²) in [5.41, 5.74) is 6.84. The molecule has 0 aromatic rings. The van der Waals surface area contributed by atoms with Gasteiger partial charge in [-0.15, -0.1) is 0 Å². The van der Waals surface area contributed by atoms with Gasteiger partial charge in [0.15, 0.2) is 0 Å². The number of nitrogens with zero attached hydrogens (tertiary/aromatic N) is 1. The molecule has 1 aliphatic carbocycles. The summed E-state index contributed by atoms with van der Waals surface area (Å²) in [5, 5.41) is 0. The predicted molar refractivity (Wildman–Crippen MR) is 67.0 cm³/mol. The lowest BCUT2D eigenvalue weighted by atomic mass is 9.86. The first-order valence-corrected chi connectivity index (χ1v) is 6.45. The highest BCUT2D eigenvalue weighted by Crippen LogP contribution is 2.46.